The fourth-order valence-corrected chi connectivity index (χ4v) is 1.72. The molecule has 0 saturated carbocycles. The van der Waals surface area contributed by atoms with Crippen LogP contribution in [0.1, 0.15) is 12.1 Å². The van der Waals surface area contributed by atoms with E-state index in [-0.39, 0.29) is 0 Å². The van der Waals surface area contributed by atoms with Crippen LogP contribution in [0.3, 0.4) is 0 Å². The summed E-state index contributed by atoms with van der Waals surface area (Å²) in [5, 5.41) is 4.14. The van der Waals surface area contributed by atoms with Crippen LogP contribution < -0.4 is 0 Å². The lowest BCUT2D eigenvalue weighted by Gasteiger charge is -2.05. The van der Waals surface area contributed by atoms with Crippen LogP contribution in [-0.2, 0) is 19.0 Å². The monoisotopic (exact) mass is 224 g/mol. The number of aromatic nitrogens is 4. The number of halogens is 1. The second-order valence-corrected chi connectivity index (χ2v) is 3.60. The van der Waals surface area contributed by atoms with Crippen molar-refractivity contribution in [3.8, 4) is 0 Å². The number of nitrogens with zero attached hydrogens (tertiary/aromatic N) is 4. The van der Waals surface area contributed by atoms with Crippen LogP contribution in [-0.4, -0.2) is 19.3 Å². The Kier molecular flexibility index (Phi) is 3.40. The highest BCUT2D eigenvalue weighted by Crippen LogP contribution is 2.04. The summed E-state index contributed by atoms with van der Waals surface area (Å²) < 4.78 is 4.01. The minimum Gasteiger partial charge on any atom is -0.333 e. The van der Waals surface area contributed by atoms with Crippen molar-refractivity contribution >= 4 is 11.6 Å². The Morgan fingerprint density at radius 1 is 1.33 bits per heavy atom. The highest BCUT2D eigenvalue weighted by atomic mass is 35.5. The zero-order chi connectivity index (χ0) is 10.5. The highest BCUT2D eigenvalue weighted by molar-refractivity contribution is 6.16. The molecule has 80 valence electrons. The molecule has 5 heteroatoms. The Hall–Kier alpha value is -1.29. The maximum Gasteiger partial charge on any atom is 0.0948 e. The quantitative estimate of drug-likeness (QED) is 0.728. The lowest BCUT2D eigenvalue weighted by atomic mass is 10.4. The standard InChI is InChI=1S/C10H13ClN4/c11-7-10-8-12-9-14(10)4-2-6-15-5-1-3-13-15/h1,3,5,8-9H,2,4,6-7H2. The van der Waals surface area contributed by atoms with Crippen molar-refractivity contribution < 1.29 is 0 Å². The van der Waals surface area contributed by atoms with E-state index in [1.54, 1.807) is 12.4 Å². The molecule has 2 rings (SSSR count). The van der Waals surface area contributed by atoms with Crippen molar-refractivity contribution in [3.05, 3.63) is 36.7 Å². The molecule has 0 saturated heterocycles. The van der Waals surface area contributed by atoms with E-state index in [2.05, 4.69) is 14.6 Å². The summed E-state index contributed by atoms with van der Waals surface area (Å²) in [6.45, 7) is 1.86. The first-order chi connectivity index (χ1) is 7.40. The number of aryl methyl sites for hydroxylation is 2. The SMILES string of the molecule is ClCc1cncn1CCCn1cccn1. The van der Waals surface area contributed by atoms with Crippen LogP contribution in [0.25, 0.3) is 0 Å². The second-order valence-electron chi connectivity index (χ2n) is 3.33. The van der Waals surface area contributed by atoms with Crippen molar-refractivity contribution in [1.29, 1.82) is 0 Å². The van der Waals surface area contributed by atoms with Gasteiger partial charge in [-0.1, -0.05) is 0 Å². The Morgan fingerprint density at radius 3 is 3.00 bits per heavy atom. The van der Waals surface area contributed by atoms with Gasteiger partial charge in [0.15, 0.2) is 0 Å². The van der Waals surface area contributed by atoms with Crippen LogP contribution in [0.15, 0.2) is 31.0 Å². The summed E-state index contributed by atoms with van der Waals surface area (Å²) in [5.41, 5.74) is 1.07. The van der Waals surface area contributed by atoms with Gasteiger partial charge in [0.2, 0.25) is 0 Å². The third-order valence-electron chi connectivity index (χ3n) is 2.28. The molecule has 0 aromatic carbocycles. The summed E-state index contributed by atoms with van der Waals surface area (Å²) in [6.07, 6.45) is 8.42. The van der Waals surface area contributed by atoms with Gasteiger partial charge in [0.05, 0.1) is 17.9 Å². The van der Waals surface area contributed by atoms with Crippen LogP contribution in [0.5, 0.6) is 0 Å². The van der Waals surface area contributed by atoms with E-state index in [1.807, 2.05) is 23.3 Å². The summed E-state index contributed by atoms with van der Waals surface area (Å²) in [7, 11) is 0. The van der Waals surface area contributed by atoms with Crippen LogP contribution in [0.2, 0.25) is 0 Å². The first-order valence-electron chi connectivity index (χ1n) is 4.92. The minimum atomic E-state index is 0.516. The predicted molar refractivity (Wildman–Crippen MR) is 58.6 cm³/mol. The molecule has 0 amide bonds. The van der Waals surface area contributed by atoms with E-state index in [9.17, 15) is 0 Å². The Morgan fingerprint density at radius 2 is 2.27 bits per heavy atom. The van der Waals surface area contributed by atoms with Gasteiger partial charge in [-0.15, -0.1) is 11.6 Å². The second kappa shape index (κ2) is 4.98. The molecule has 0 unspecified atom stereocenters. The number of imidazole rings is 1. The topological polar surface area (TPSA) is 35.6 Å². The van der Waals surface area contributed by atoms with Crippen LogP contribution >= 0.6 is 11.6 Å². The summed E-state index contributed by atoms with van der Waals surface area (Å²) in [4.78, 5) is 4.06. The highest BCUT2D eigenvalue weighted by Gasteiger charge is 1.99. The average Bonchev–Trinajstić information content (AvgIpc) is 2.88. The fraction of sp³-hybridized carbons (Fsp3) is 0.400. The number of alkyl halides is 1. The largest absolute Gasteiger partial charge is 0.333 e. The Labute approximate surface area is 93.5 Å². The molecule has 0 N–H and O–H groups in total. The average molecular weight is 225 g/mol. The molecule has 2 aromatic heterocycles. The van der Waals surface area contributed by atoms with E-state index in [1.165, 1.54) is 0 Å². The molecule has 0 aliphatic carbocycles. The fourth-order valence-electron chi connectivity index (χ4n) is 1.50. The van der Waals surface area contributed by atoms with E-state index >= 15 is 0 Å². The number of hydrogen-bond donors (Lipinski definition) is 0. The Balaban J connectivity index is 1.83. The molecule has 2 aromatic rings. The molecule has 4 nitrogen and oxygen atoms in total. The maximum atomic E-state index is 5.77. The molecule has 0 atom stereocenters. The molecule has 0 aliphatic rings. The van der Waals surface area contributed by atoms with Gasteiger partial charge in [-0.25, -0.2) is 4.98 Å². The molecule has 0 fully saturated rings. The van der Waals surface area contributed by atoms with Crippen LogP contribution in [0, 0.1) is 0 Å². The van der Waals surface area contributed by atoms with E-state index in [4.69, 9.17) is 11.6 Å². The summed E-state index contributed by atoms with van der Waals surface area (Å²) in [6, 6.07) is 1.93. The molecule has 0 radical (unpaired) electrons. The van der Waals surface area contributed by atoms with Gasteiger partial charge in [0.25, 0.3) is 0 Å². The first kappa shape index (κ1) is 10.2. The summed E-state index contributed by atoms with van der Waals surface area (Å²) in [5.74, 6) is 0.516. The zero-order valence-electron chi connectivity index (χ0n) is 8.38. The van der Waals surface area contributed by atoms with Crippen molar-refractivity contribution in [2.45, 2.75) is 25.4 Å². The molecule has 2 heterocycles. The van der Waals surface area contributed by atoms with Gasteiger partial charge in [-0.05, 0) is 12.5 Å². The third kappa shape index (κ3) is 2.59. The lowest BCUT2D eigenvalue weighted by Crippen LogP contribution is -2.05. The van der Waals surface area contributed by atoms with E-state index in [0.717, 1.165) is 25.2 Å². The van der Waals surface area contributed by atoms with Gasteiger partial charge in [-0.2, -0.15) is 5.10 Å². The molecular weight excluding hydrogens is 212 g/mol. The number of hydrogen-bond acceptors (Lipinski definition) is 2. The number of rotatable bonds is 5. The molecular formula is C10H13ClN4. The summed E-state index contributed by atoms with van der Waals surface area (Å²) >= 11 is 5.77. The molecule has 0 aliphatic heterocycles. The molecule has 0 spiro atoms. The predicted octanol–water partition coefficient (Wildman–Crippen LogP) is 1.91. The molecule has 0 bridgehead atoms. The van der Waals surface area contributed by atoms with Crippen molar-refractivity contribution in [3.63, 3.8) is 0 Å². The maximum absolute atomic E-state index is 5.77. The van der Waals surface area contributed by atoms with E-state index < -0.39 is 0 Å². The van der Waals surface area contributed by atoms with Crippen molar-refractivity contribution in [2.24, 2.45) is 0 Å². The lowest BCUT2D eigenvalue weighted by molar-refractivity contribution is 0.521. The first-order valence-corrected chi connectivity index (χ1v) is 5.46. The van der Waals surface area contributed by atoms with Crippen molar-refractivity contribution in [1.82, 2.24) is 19.3 Å². The van der Waals surface area contributed by atoms with Gasteiger partial charge >= 0.3 is 0 Å². The minimum absolute atomic E-state index is 0.516. The third-order valence-corrected chi connectivity index (χ3v) is 2.55. The van der Waals surface area contributed by atoms with E-state index in [0.29, 0.717) is 5.88 Å². The molecule has 15 heavy (non-hydrogen) atoms. The van der Waals surface area contributed by atoms with Gasteiger partial charge < -0.3 is 4.57 Å². The zero-order valence-corrected chi connectivity index (χ0v) is 9.14. The van der Waals surface area contributed by atoms with Crippen LogP contribution in [0.4, 0.5) is 0 Å². The van der Waals surface area contributed by atoms with Crippen molar-refractivity contribution in [2.75, 3.05) is 0 Å². The smallest absolute Gasteiger partial charge is 0.0948 e. The van der Waals surface area contributed by atoms with Gasteiger partial charge in [-0.3, -0.25) is 4.68 Å². The Bertz CT molecular complexity index is 393. The normalized spacial score (nSPS) is 10.7. The van der Waals surface area contributed by atoms with Gasteiger partial charge in [0.1, 0.15) is 0 Å². The van der Waals surface area contributed by atoms with Gasteiger partial charge in [0, 0.05) is 31.7 Å².